The van der Waals surface area contributed by atoms with Crippen molar-refractivity contribution in [3.63, 3.8) is 0 Å². The molecule has 0 saturated carbocycles. The number of methoxy groups -OCH3 is 1. The Balaban J connectivity index is 1.95. The fourth-order valence-electron chi connectivity index (χ4n) is 2.90. The predicted octanol–water partition coefficient (Wildman–Crippen LogP) is 2.22. The molecule has 1 atom stereocenters. The quantitative estimate of drug-likeness (QED) is 0.894. The van der Waals surface area contributed by atoms with E-state index in [0.717, 1.165) is 5.70 Å². The minimum Gasteiger partial charge on any atom is -0.495 e. The molecule has 0 saturated heterocycles. The Morgan fingerprint density at radius 3 is 2.83 bits per heavy atom. The zero-order valence-corrected chi connectivity index (χ0v) is 14.1. The topological polar surface area (TPSA) is 94.0 Å². The summed E-state index contributed by atoms with van der Waals surface area (Å²) in [5.74, 6) is 1.09. The smallest absolute Gasteiger partial charge is 0.255 e. The van der Waals surface area contributed by atoms with Gasteiger partial charge in [0.05, 0.1) is 24.4 Å². The van der Waals surface area contributed by atoms with Gasteiger partial charge in [-0.15, -0.1) is 0 Å². The van der Waals surface area contributed by atoms with Crippen LogP contribution in [0.3, 0.4) is 0 Å². The number of tetrazole rings is 1. The van der Waals surface area contributed by atoms with Crippen molar-refractivity contribution in [3.05, 3.63) is 35.5 Å². The number of amides is 1. The SMILES string of the molecule is COc1ccccc1NC(=O)C1=C(C)Nc2nnnn2[C@H]1C(C)C. The van der Waals surface area contributed by atoms with Crippen molar-refractivity contribution in [1.82, 2.24) is 20.2 Å². The Morgan fingerprint density at radius 2 is 2.12 bits per heavy atom. The molecule has 24 heavy (non-hydrogen) atoms. The van der Waals surface area contributed by atoms with Crippen molar-refractivity contribution in [2.24, 2.45) is 5.92 Å². The van der Waals surface area contributed by atoms with Crippen molar-refractivity contribution in [2.75, 3.05) is 17.7 Å². The zero-order valence-electron chi connectivity index (χ0n) is 14.1. The van der Waals surface area contributed by atoms with Gasteiger partial charge in [0.2, 0.25) is 5.95 Å². The summed E-state index contributed by atoms with van der Waals surface area (Å²) in [6, 6.07) is 7.06. The van der Waals surface area contributed by atoms with Crippen molar-refractivity contribution in [1.29, 1.82) is 0 Å². The van der Waals surface area contributed by atoms with E-state index >= 15 is 0 Å². The molecule has 0 aliphatic carbocycles. The second-order valence-electron chi connectivity index (χ2n) is 5.95. The number of ether oxygens (including phenoxy) is 1. The van der Waals surface area contributed by atoms with Crippen LogP contribution in [0.2, 0.25) is 0 Å². The Morgan fingerprint density at radius 1 is 1.38 bits per heavy atom. The maximum atomic E-state index is 12.9. The molecule has 2 aromatic rings. The van der Waals surface area contributed by atoms with E-state index in [0.29, 0.717) is 23.0 Å². The van der Waals surface area contributed by atoms with Crippen LogP contribution in [-0.4, -0.2) is 33.2 Å². The summed E-state index contributed by atoms with van der Waals surface area (Å²) in [5, 5.41) is 17.7. The van der Waals surface area contributed by atoms with Crippen LogP contribution in [0.15, 0.2) is 35.5 Å². The largest absolute Gasteiger partial charge is 0.495 e. The number of benzene rings is 1. The highest BCUT2D eigenvalue weighted by molar-refractivity contribution is 6.06. The van der Waals surface area contributed by atoms with Gasteiger partial charge in [-0.2, -0.15) is 0 Å². The third-order valence-corrected chi connectivity index (χ3v) is 3.99. The average Bonchev–Trinajstić information content (AvgIpc) is 3.01. The molecule has 8 nitrogen and oxygen atoms in total. The number of rotatable bonds is 4. The Hall–Kier alpha value is -2.90. The molecule has 3 rings (SSSR count). The highest BCUT2D eigenvalue weighted by Crippen LogP contribution is 2.35. The molecule has 126 valence electrons. The van der Waals surface area contributed by atoms with Crippen molar-refractivity contribution in [3.8, 4) is 5.75 Å². The highest BCUT2D eigenvalue weighted by Gasteiger charge is 2.34. The van der Waals surface area contributed by atoms with E-state index < -0.39 is 0 Å². The molecular formula is C16H20N6O2. The van der Waals surface area contributed by atoms with Gasteiger partial charge in [-0.1, -0.05) is 31.1 Å². The van der Waals surface area contributed by atoms with Crippen LogP contribution in [0.5, 0.6) is 5.75 Å². The first-order valence-electron chi connectivity index (χ1n) is 7.73. The molecule has 1 aromatic carbocycles. The summed E-state index contributed by atoms with van der Waals surface area (Å²) in [6.45, 7) is 5.92. The first-order valence-corrected chi connectivity index (χ1v) is 7.73. The number of aromatic nitrogens is 4. The number of fused-ring (bicyclic) bond motifs is 1. The van der Waals surface area contributed by atoms with Gasteiger partial charge in [-0.05, 0) is 35.4 Å². The minimum atomic E-state index is -0.244. The molecule has 1 aliphatic heterocycles. The number of para-hydroxylation sites is 2. The second kappa shape index (κ2) is 6.31. The van der Waals surface area contributed by atoms with Crippen LogP contribution in [0.1, 0.15) is 26.8 Å². The predicted molar refractivity (Wildman–Crippen MR) is 89.6 cm³/mol. The summed E-state index contributed by atoms with van der Waals surface area (Å²) < 4.78 is 6.94. The van der Waals surface area contributed by atoms with E-state index in [1.54, 1.807) is 23.9 Å². The number of anilines is 2. The van der Waals surface area contributed by atoms with Crippen molar-refractivity contribution >= 4 is 17.5 Å². The third kappa shape index (κ3) is 2.70. The highest BCUT2D eigenvalue weighted by atomic mass is 16.5. The monoisotopic (exact) mass is 328 g/mol. The van der Waals surface area contributed by atoms with E-state index in [1.165, 1.54) is 0 Å². The molecule has 0 unspecified atom stereocenters. The van der Waals surface area contributed by atoms with E-state index in [9.17, 15) is 4.79 Å². The molecule has 2 heterocycles. The van der Waals surface area contributed by atoms with Gasteiger partial charge in [-0.3, -0.25) is 4.79 Å². The number of hydrogen-bond acceptors (Lipinski definition) is 6. The van der Waals surface area contributed by atoms with Gasteiger partial charge in [-0.25, -0.2) is 4.68 Å². The molecule has 0 bridgehead atoms. The summed E-state index contributed by atoms with van der Waals surface area (Å²) in [4.78, 5) is 12.9. The van der Waals surface area contributed by atoms with E-state index in [1.807, 2.05) is 32.9 Å². The number of allylic oxidation sites excluding steroid dienone is 1. The maximum Gasteiger partial charge on any atom is 0.255 e. The lowest BCUT2D eigenvalue weighted by molar-refractivity contribution is -0.113. The standard InChI is InChI=1S/C16H20N6O2/c1-9(2)14-13(10(3)17-16-19-20-21-22(14)16)15(23)18-11-7-5-6-8-12(11)24-4/h5-9,14H,1-4H3,(H,18,23)(H,17,19,21)/t14-/m0/s1. The van der Waals surface area contributed by atoms with Crippen LogP contribution in [-0.2, 0) is 4.79 Å². The van der Waals surface area contributed by atoms with Gasteiger partial charge in [0.1, 0.15) is 5.75 Å². The third-order valence-electron chi connectivity index (χ3n) is 3.99. The lowest BCUT2D eigenvalue weighted by Crippen LogP contribution is -2.33. The molecule has 1 aliphatic rings. The van der Waals surface area contributed by atoms with Crippen molar-refractivity contribution < 1.29 is 9.53 Å². The number of nitrogens with zero attached hydrogens (tertiary/aromatic N) is 4. The summed E-state index contributed by atoms with van der Waals surface area (Å²) in [5.41, 5.74) is 1.97. The fraction of sp³-hybridized carbons (Fsp3) is 0.375. The first kappa shape index (κ1) is 16.0. The Bertz CT molecular complexity index is 795. The van der Waals surface area contributed by atoms with Crippen LogP contribution in [0.4, 0.5) is 11.6 Å². The molecule has 1 amide bonds. The summed E-state index contributed by atoms with van der Waals surface area (Å²) >= 11 is 0. The fourth-order valence-corrected chi connectivity index (χ4v) is 2.90. The number of carbonyl (C=O) groups is 1. The van der Waals surface area contributed by atoms with Gasteiger partial charge < -0.3 is 15.4 Å². The van der Waals surface area contributed by atoms with Gasteiger partial charge in [0.15, 0.2) is 0 Å². The van der Waals surface area contributed by atoms with Gasteiger partial charge in [0, 0.05) is 5.70 Å². The first-order chi connectivity index (χ1) is 11.5. The zero-order chi connectivity index (χ0) is 17.3. The molecule has 1 aromatic heterocycles. The summed E-state index contributed by atoms with van der Waals surface area (Å²) in [6.07, 6.45) is 0. The average molecular weight is 328 g/mol. The molecule has 2 N–H and O–H groups in total. The van der Waals surface area contributed by atoms with Gasteiger partial charge in [0.25, 0.3) is 5.91 Å². The number of nitrogens with one attached hydrogen (secondary N) is 2. The van der Waals surface area contributed by atoms with Crippen LogP contribution < -0.4 is 15.4 Å². The normalized spacial score (nSPS) is 16.6. The van der Waals surface area contributed by atoms with E-state index in [-0.39, 0.29) is 17.9 Å². The van der Waals surface area contributed by atoms with Gasteiger partial charge >= 0.3 is 0 Å². The molecule has 0 fully saturated rings. The van der Waals surface area contributed by atoms with Crippen molar-refractivity contribution in [2.45, 2.75) is 26.8 Å². The van der Waals surface area contributed by atoms with Crippen LogP contribution in [0.25, 0.3) is 0 Å². The lowest BCUT2D eigenvalue weighted by atomic mass is 9.92. The second-order valence-corrected chi connectivity index (χ2v) is 5.95. The number of hydrogen-bond donors (Lipinski definition) is 2. The van der Waals surface area contributed by atoms with Crippen LogP contribution >= 0.6 is 0 Å². The van der Waals surface area contributed by atoms with E-state index in [2.05, 4.69) is 26.2 Å². The minimum absolute atomic E-state index is 0.141. The van der Waals surface area contributed by atoms with Crippen LogP contribution in [0, 0.1) is 5.92 Å². The Labute approximate surface area is 139 Å². The lowest BCUT2D eigenvalue weighted by Gasteiger charge is -2.30. The molecule has 0 radical (unpaired) electrons. The Kier molecular flexibility index (Phi) is 4.20. The molecule has 8 heteroatoms. The maximum absolute atomic E-state index is 12.9. The molecule has 0 spiro atoms. The van der Waals surface area contributed by atoms with E-state index in [4.69, 9.17) is 4.74 Å². The number of carbonyl (C=O) groups excluding carboxylic acids is 1. The summed E-state index contributed by atoms with van der Waals surface area (Å²) in [7, 11) is 1.57. The molecular weight excluding hydrogens is 308 g/mol.